The van der Waals surface area contributed by atoms with Crippen LogP contribution in [0.1, 0.15) is 20.8 Å². The first-order valence-electron chi connectivity index (χ1n) is 4.58. The van der Waals surface area contributed by atoms with Crippen LogP contribution >= 0.6 is 0 Å². The molecule has 0 rings (SSSR count). The highest BCUT2D eigenvalue weighted by Gasteiger charge is 2.14. The first-order chi connectivity index (χ1) is 6.47. The van der Waals surface area contributed by atoms with Gasteiger partial charge in [-0.05, 0) is 20.8 Å². The van der Waals surface area contributed by atoms with Crippen molar-refractivity contribution < 1.29 is 19.4 Å². The van der Waals surface area contributed by atoms with Gasteiger partial charge in [-0.25, -0.2) is 0 Å². The lowest BCUT2D eigenvalue weighted by Gasteiger charge is -2.19. The minimum atomic E-state index is -1.01. The maximum atomic E-state index is 11.4. The highest BCUT2D eigenvalue weighted by atomic mass is 16.5. The summed E-state index contributed by atoms with van der Waals surface area (Å²) in [4.78, 5) is 23.0. The van der Waals surface area contributed by atoms with Crippen molar-refractivity contribution in [1.82, 2.24) is 4.90 Å². The Bertz CT molecular complexity index is 203. The molecule has 0 radical (unpaired) electrons. The molecule has 0 aliphatic rings. The highest BCUT2D eigenvalue weighted by Crippen LogP contribution is 1.93. The molecule has 0 heterocycles. The molecule has 0 fully saturated rings. The predicted molar refractivity (Wildman–Crippen MR) is 51.0 cm³/mol. The third-order valence-corrected chi connectivity index (χ3v) is 1.60. The second kappa shape index (κ2) is 6.37. The molecule has 0 saturated carbocycles. The molecule has 0 saturated heterocycles. The van der Waals surface area contributed by atoms with E-state index in [1.807, 2.05) is 13.8 Å². The van der Waals surface area contributed by atoms with Gasteiger partial charge in [0.15, 0.2) is 0 Å². The van der Waals surface area contributed by atoms with Crippen LogP contribution in [0.25, 0.3) is 0 Å². The number of carboxylic acids is 1. The fraction of sp³-hybridized carbons (Fsp3) is 0.778. The monoisotopic (exact) mass is 203 g/mol. The Morgan fingerprint density at radius 3 is 2.36 bits per heavy atom. The Balaban J connectivity index is 3.98. The number of rotatable bonds is 6. The summed E-state index contributed by atoms with van der Waals surface area (Å²) in [6.07, 6.45) is -0.0255. The molecule has 5 nitrogen and oxygen atoms in total. The fourth-order valence-corrected chi connectivity index (χ4v) is 0.869. The van der Waals surface area contributed by atoms with Gasteiger partial charge in [0.05, 0.1) is 6.10 Å². The predicted octanol–water partition coefficient (Wildman–Crippen LogP) is 0.345. The number of hydrogen-bond donors (Lipinski definition) is 1. The van der Waals surface area contributed by atoms with E-state index in [2.05, 4.69) is 0 Å². The number of aliphatic carboxylic acids is 1. The van der Waals surface area contributed by atoms with Gasteiger partial charge >= 0.3 is 5.97 Å². The van der Waals surface area contributed by atoms with Crippen molar-refractivity contribution in [2.24, 2.45) is 0 Å². The van der Waals surface area contributed by atoms with E-state index in [-0.39, 0.29) is 25.2 Å². The third-order valence-electron chi connectivity index (χ3n) is 1.60. The molecular formula is C9H17NO4. The van der Waals surface area contributed by atoms with Crippen LogP contribution in [-0.2, 0) is 14.3 Å². The number of likely N-dealkylation sites (N-methyl/N-ethyl adjacent to an activating group) is 1. The summed E-state index contributed by atoms with van der Waals surface area (Å²) in [7, 11) is 0. The number of nitrogens with zero attached hydrogens (tertiary/aromatic N) is 1. The van der Waals surface area contributed by atoms with Crippen LogP contribution < -0.4 is 0 Å². The molecular weight excluding hydrogens is 186 g/mol. The number of ether oxygens (including phenoxy) is 1. The van der Waals surface area contributed by atoms with Gasteiger partial charge in [0.1, 0.15) is 13.2 Å². The molecule has 14 heavy (non-hydrogen) atoms. The minimum absolute atomic E-state index is 0.0255. The Labute approximate surface area is 83.6 Å². The van der Waals surface area contributed by atoms with Gasteiger partial charge in [-0.2, -0.15) is 0 Å². The fourth-order valence-electron chi connectivity index (χ4n) is 0.869. The van der Waals surface area contributed by atoms with Crippen LogP contribution in [0.15, 0.2) is 0 Å². The molecule has 1 amide bonds. The van der Waals surface area contributed by atoms with Crippen LogP contribution in [0, 0.1) is 0 Å². The van der Waals surface area contributed by atoms with Gasteiger partial charge < -0.3 is 14.7 Å². The smallest absolute Gasteiger partial charge is 0.323 e. The van der Waals surface area contributed by atoms with E-state index in [0.29, 0.717) is 6.54 Å². The van der Waals surface area contributed by atoms with Crippen LogP contribution in [0.5, 0.6) is 0 Å². The normalized spacial score (nSPS) is 10.3. The van der Waals surface area contributed by atoms with Gasteiger partial charge in [0.2, 0.25) is 5.91 Å². The lowest BCUT2D eigenvalue weighted by molar-refractivity contribution is -0.147. The van der Waals surface area contributed by atoms with E-state index in [0.717, 1.165) is 0 Å². The summed E-state index contributed by atoms with van der Waals surface area (Å²) in [6.45, 7) is 5.43. The van der Waals surface area contributed by atoms with E-state index in [4.69, 9.17) is 9.84 Å². The largest absolute Gasteiger partial charge is 0.480 e. The average molecular weight is 203 g/mol. The van der Waals surface area contributed by atoms with Crippen LogP contribution in [-0.4, -0.2) is 47.7 Å². The maximum absolute atomic E-state index is 11.4. The molecule has 0 bridgehead atoms. The first kappa shape index (κ1) is 12.9. The summed E-state index contributed by atoms with van der Waals surface area (Å²) in [5.74, 6) is -1.30. The lowest BCUT2D eigenvalue weighted by Crippen LogP contribution is -2.38. The van der Waals surface area contributed by atoms with Crippen molar-refractivity contribution in [1.29, 1.82) is 0 Å². The van der Waals surface area contributed by atoms with E-state index in [9.17, 15) is 9.59 Å². The molecule has 0 aromatic heterocycles. The van der Waals surface area contributed by atoms with E-state index >= 15 is 0 Å². The summed E-state index contributed by atoms with van der Waals surface area (Å²) >= 11 is 0. The average Bonchev–Trinajstić information content (AvgIpc) is 2.09. The maximum Gasteiger partial charge on any atom is 0.323 e. The van der Waals surface area contributed by atoms with Crippen LogP contribution in [0.4, 0.5) is 0 Å². The van der Waals surface area contributed by atoms with Crippen molar-refractivity contribution in [2.75, 3.05) is 19.7 Å². The summed E-state index contributed by atoms with van der Waals surface area (Å²) in [6, 6.07) is 0. The Morgan fingerprint density at radius 2 is 2.00 bits per heavy atom. The standard InChI is InChI=1S/C9H17NO4/c1-4-10(5-9(12)13)8(11)6-14-7(2)3/h7H,4-6H2,1-3H3,(H,12,13). The van der Waals surface area contributed by atoms with Crippen LogP contribution in [0.2, 0.25) is 0 Å². The summed E-state index contributed by atoms with van der Waals surface area (Å²) in [5.41, 5.74) is 0. The summed E-state index contributed by atoms with van der Waals surface area (Å²) < 4.78 is 5.08. The SMILES string of the molecule is CCN(CC(=O)O)C(=O)COC(C)C. The molecule has 5 heteroatoms. The molecule has 0 aromatic rings. The van der Waals surface area contributed by atoms with E-state index in [1.54, 1.807) is 6.92 Å². The summed E-state index contributed by atoms with van der Waals surface area (Å²) in [5, 5.41) is 8.51. The van der Waals surface area contributed by atoms with Crippen LogP contribution in [0.3, 0.4) is 0 Å². The number of carboxylic acid groups (broad SMARTS) is 1. The third kappa shape index (κ3) is 5.53. The molecule has 82 valence electrons. The second-order valence-electron chi connectivity index (χ2n) is 3.16. The Morgan fingerprint density at radius 1 is 1.43 bits per heavy atom. The van der Waals surface area contributed by atoms with Crippen molar-refractivity contribution >= 4 is 11.9 Å². The molecule has 0 spiro atoms. The zero-order valence-corrected chi connectivity index (χ0v) is 8.82. The van der Waals surface area contributed by atoms with Gasteiger partial charge in [0.25, 0.3) is 0 Å². The quantitative estimate of drug-likeness (QED) is 0.676. The first-order valence-corrected chi connectivity index (χ1v) is 4.58. The zero-order valence-electron chi connectivity index (χ0n) is 8.82. The Kier molecular flexibility index (Phi) is 5.87. The highest BCUT2D eigenvalue weighted by molar-refractivity contribution is 5.82. The number of carbonyl (C=O) groups is 2. The minimum Gasteiger partial charge on any atom is -0.480 e. The van der Waals surface area contributed by atoms with Crippen molar-refractivity contribution in [3.8, 4) is 0 Å². The van der Waals surface area contributed by atoms with Crippen molar-refractivity contribution in [2.45, 2.75) is 26.9 Å². The van der Waals surface area contributed by atoms with Crippen molar-refractivity contribution in [3.63, 3.8) is 0 Å². The van der Waals surface area contributed by atoms with Gasteiger partial charge in [-0.1, -0.05) is 0 Å². The number of carbonyl (C=O) groups excluding carboxylic acids is 1. The van der Waals surface area contributed by atoms with E-state index < -0.39 is 5.97 Å². The topological polar surface area (TPSA) is 66.8 Å². The zero-order chi connectivity index (χ0) is 11.1. The van der Waals surface area contributed by atoms with E-state index in [1.165, 1.54) is 4.90 Å². The number of amides is 1. The molecule has 1 N–H and O–H groups in total. The molecule has 0 aliphatic carbocycles. The molecule has 0 aromatic carbocycles. The Hall–Kier alpha value is -1.10. The molecule has 0 aliphatic heterocycles. The number of hydrogen-bond acceptors (Lipinski definition) is 3. The molecule has 0 unspecified atom stereocenters. The lowest BCUT2D eigenvalue weighted by atomic mass is 10.4. The van der Waals surface area contributed by atoms with Gasteiger partial charge in [-0.15, -0.1) is 0 Å². The van der Waals surface area contributed by atoms with Crippen molar-refractivity contribution in [3.05, 3.63) is 0 Å². The van der Waals surface area contributed by atoms with Gasteiger partial charge in [0, 0.05) is 6.54 Å². The second-order valence-corrected chi connectivity index (χ2v) is 3.16. The van der Waals surface area contributed by atoms with Gasteiger partial charge in [-0.3, -0.25) is 9.59 Å². The molecule has 0 atom stereocenters.